The van der Waals surface area contributed by atoms with Crippen LogP contribution in [0.4, 0.5) is 5.00 Å². The molecule has 0 unspecified atom stereocenters. The summed E-state index contributed by atoms with van der Waals surface area (Å²) in [6, 6.07) is 9.15. The fourth-order valence-electron chi connectivity index (χ4n) is 2.98. The van der Waals surface area contributed by atoms with Crippen molar-refractivity contribution in [2.45, 2.75) is 26.2 Å². The van der Waals surface area contributed by atoms with Crippen LogP contribution in [0.5, 0.6) is 0 Å². The summed E-state index contributed by atoms with van der Waals surface area (Å²) in [6.45, 7) is 2.15. The van der Waals surface area contributed by atoms with Gasteiger partial charge in [-0.1, -0.05) is 37.3 Å². The monoisotopic (exact) mass is 376 g/mol. The summed E-state index contributed by atoms with van der Waals surface area (Å²) in [5, 5.41) is 1.43. The number of primary amides is 1. The average Bonchev–Trinajstić information content (AvgIpc) is 2.90. The van der Waals surface area contributed by atoms with Gasteiger partial charge in [0.1, 0.15) is 5.00 Å². The molecule has 0 radical (unpaired) electrons. The molecular weight excluding hydrogens is 356 g/mol. The quantitative estimate of drug-likeness (QED) is 0.838. The number of sulfonamides is 1. The maximum atomic E-state index is 12.4. The van der Waals surface area contributed by atoms with Crippen LogP contribution >= 0.6 is 11.3 Å². The van der Waals surface area contributed by atoms with Gasteiger partial charge in [-0.2, -0.15) is 0 Å². The molecular formula is C18H20N2O3S2. The Bertz CT molecular complexity index is 915. The molecule has 1 heterocycles. The van der Waals surface area contributed by atoms with Gasteiger partial charge >= 0.3 is 0 Å². The summed E-state index contributed by atoms with van der Waals surface area (Å²) in [4.78, 5) is 12.9. The first-order valence-electron chi connectivity index (χ1n) is 8.06. The van der Waals surface area contributed by atoms with Crippen LogP contribution in [-0.2, 0) is 22.9 Å². The Labute approximate surface area is 151 Å². The number of carbonyl (C=O) groups is 1. The molecule has 0 saturated heterocycles. The number of carbonyl (C=O) groups excluding carboxylic acids is 1. The topological polar surface area (TPSA) is 89.3 Å². The lowest BCUT2D eigenvalue weighted by Crippen LogP contribution is -2.18. The van der Waals surface area contributed by atoms with E-state index in [0.717, 1.165) is 40.7 Å². The summed E-state index contributed by atoms with van der Waals surface area (Å²) in [5.74, 6) is -0.0638. The van der Waals surface area contributed by atoms with Crippen LogP contribution < -0.4 is 10.5 Å². The zero-order chi connectivity index (χ0) is 18.0. The van der Waals surface area contributed by atoms with Crippen molar-refractivity contribution in [3.05, 3.63) is 57.3 Å². The summed E-state index contributed by atoms with van der Waals surface area (Å²) < 4.78 is 27.3. The molecule has 0 spiro atoms. The molecule has 0 fully saturated rings. The van der Waals surface area contributed by atoms with Crippen LogP contribution in [0.25, 0.3) is 6.08 Å². The average molecular weight is 377 g/mol. The minimum absolute atomic E-state index is 0.323. The number of benzene rings is 1. The highest BCUT2D eigenvalue weighted by Crippen LogP contribution is 2.39. The van der Waals surface area contributed by atoms with Gasteiger partial charge in [-0.15, -0.1) is 11.3 Å². The fourth-order valence-corrected chi connectivity index (χ4v) is 5.53. The third-order valence-electron chi connectivity index (χ3n) is 4.23. The van der Waals surface area contributed by atoms with E-state index < -0.39 is 15.9 Å². The highest BCUT2D eigenvalue weighted by atomic mass is 32.2. The zero-order valence-electron chi connectivity index (χ0n) is 13.9. The lowest BCUT2D eigenvalue weighted by Gasteiger charge is -2.18. The Balaban J connectivity index is 1.89. The molecule has 1 atom stereocenters. The summed E-state index contributed by atoms with van der Waals surface area (Å²) >= 11 is 1.32. The van der Waals surface area contributed by atoms with Gasteiger partial charge in [-0.25, -0.2) is 8.42 Å². The molecule has 1 aromatic heterocycles. The Morgan fingerprint density at radius 1 is 1.32 bits per heavy atom. The SMILES string of the molecule is C[C@@H]1CCc2c(sc(NS(=O)(=O)/C=C/c3ccccc3)c2C(N)=O)C1. The first-order valence-corrected chi connectivity index (χ1v) is 10.4. The maximum Gasteiger partial charge on any atom is 0.255 e. The van der Waals surface area contributed by atoms with Crippen molar-refractivity contribution in [2.24, 2.45) is 11.7 Å². The predicted octanol–water partition coefficient (Wildman–Crippen LogP) is 3.38. The summed E-state index contributed by atoms with van der Waals surface area (Å²) in [6.07, 6.45) is 4.10. The van der Waals surface area contributed by atoms with Crippen molar-refractivity contribution in [1.82, 2.24) is 0 Å². The van der Waals surface area contributed by atoms with Crippen LogP contribution in [-0.4, -0.2) is 14.3 Å². The van der Waals surface area contributed by atoms with Crippen LogP contribution in [0, 0.1) is 5.92 Å². The first kappa shape index (κ1) is 17.7. The van der Waals surface area contributed by atoms with Crippen molar-refractivity contribution in [3.8, 4) is 0 Å². The lowest BCUT2D eigenvalue weighted by atomic mass is 9.88. The summed E-state index contributed by atoms with van der Waals surface area (Å²) in [5.41, 5.74) is 7.52. The van der Waals surface area contributed by atoms with E-state index in [-0.39, 0.29) is 0 Å². The minimum atomic E-state index is -3.73. The van der Waals surface area contributed by atoms with Gasteiger partial charge in [0, 0.05) is 4.88 Å². The van der Waals surface area contributed by atoms with E-state index >= 15 is 0 Å². The normalized spacial score (nSPS) is 17.4. The molecule has 3 rings (SSSR count). The number of nitrogens with one attached hydrogen (secondary N) is 1. The van der Waals surface area contributed by atoms with Crippen LogP contribution in [0.15, 0.2) is 35.7 Å². The Hall–Kier alpha value is -2.12. The molecule has 25 heavy (non-hydrogen) atoms. The fraction of sp³-hybridized carbons (Fsp3) is 0.278. The molecule has 1 aliphatic carbocycles. The molecule has 0 bridgehead atoms. The van der Waals surface area contributed by atoms with Crippen molar-refractivity contribution >= 4 is 38.3 Å². The molecule has 2 aromatic rings. The van der Waals surface area contributed by atoms with Crippen molar-refractivity contribution in [3.63, 3.8) is 0 Å². The van der Waals surface area contributed by atoms with Gasteiger partial charge in [0.2, 0.25) is 0 Å². The zero-order valence-corrected chi connectivity index (χ0v) is 15.5. The molecule has 132 valence electrons. The molecule has 5 nitrogen and oxygen atoms in total. The van der Waals surface area contributed by atoms with E-state index in [1.807, 2.05) is 30.3 Å². The van der Waals surface area contributed by atoms with Gasteiger partial charge in [-0.3, -0.25) is 9.52 Å². The lowest BCUT2D eigenvalue weighted by molar-refractivity contribution is 0.100. The van der Waals surface area contributed by atoms with E-state index in [9.17, 15) is 13.2 Å². The number of hydrogen-bond donors (Lipinski definition) is 2. The molecule has 7 heteroatoms. The third kappa shape index (κ3) is 4.11. The number of amides is 1. The van der Waals surface area contributed by atoms with E-state index in [1.54, 1.807) is 0 Å². The number of fused-ring (bicyclic) bond motifs is 1. The van der Waals surface area contributed by atoms with Gasteiger partial charge in [-0.05, 0) is 42.4 Å². The Morgan fingerprint density at radius 3 is 2.72 bits per heavy atom. The number of rotatable bonds is 5. The smallest absolute Gasteiger partial charge is 0.255 e. The Morgan fingerprint density at radius 2 is 2.04 bits per heavy atom. The predicted molar refractivity (Wildman–Crippen MR) is 102 cm³/mol. The van der Waals surface area contributed by atoms with Crippen LogP contribution in [0.1, 0.15) is 39.7 Å². The molecule has 0 saturated carbocycles. The molecule has 1 aliphatic rings. The second-order valence-corrected chi connectivity index (χ2v) is 8.95. The Kier molecular flexibility index (Phi) is 4.96. The number of hydrogen-bond acceptors (Lipinski definition) is 4. The van der Waals surface area contributed by atoms with Crippen LogP contribution in [0.2, 0.25) is 0 Å². The van der Waals surface area contributed by atoms with Gasteiger partial charge in [0.25, 0.3) is 15.9 Å². The second-order valence-electron chi connectivity index (χ2n) is 6.28. The van der Waals surface area contributed by atoms with E-state index in [2.05, 4.69) is 11.6 Å². The van der Waals surface area contributed by atoms with Gasteiger partial charge in [0.05, 0.1) is 11.0 Å². The highest BCUT2D eigenvalue weighted by molar-refractivity contribution is 7.95. The molecule has 0 aliphatic heterocycles. The van der Waals surface area contributed by atoms with E-state index in [1.165, 1.54) is 17.4 Å². The van der Waals surface area contributed by atoms with Gasteiger partial charge < -0.3 is 5.73 Å². The molecule has 1 amide bonds. The minimum Gasteiger partial charge on any atom is -0.365 e. The molecule has 3 N–H and O–H groups in total. The highest BCUT2D eigenvalue weighted by Gasteiger charge is 2.27. The summed E-state index contributed by atoms with van der Waals surface area (Å²) in [7, 11) is -3.73. The van der Waals surface area contributed by atoms with Gasteiger partial charge in [0.15, 0.2) is 0 Å². The number of thiophene rings is 1. The van der Waals surface area contributed by atoms with E-state index in [4.69, 9.17) is 5.73 Å². The maximum absolute atomic E-state index is 12.4. The van der Waals surface area contributed by atoms with Crippen molar-refractivity contribution in [2.75, 3.05) is 4.72 Å². The number of anilines is 1. The largest absolute Gasteiger partial charge is 0.365 e. The standard InChI is InChI=1S/C18H20N2O3S2/c1-12-7-8-14-15(11-12)24-18(16(14)17(19)21)20-25(22,23)10-9-13-5-3-2-4-6-13/h2-6,9-10,12,20H,7-8,11H2,1H3,(H2,19,21)/b10-9+/t12-/m1/s1. The first-order chi connectivity index (χ1) is 11.9. The number of nitrogens with two attached hydrogens (primary N) is 1. The third-order valence-corrected chi connectivity index (χ3v) is 6.51. The van der Waals surface area contributed by atoms with E-state index in [0.29, 0.717) is 16.5 Å². The van der Waals surface area contributed by atoms with Crippen LogP contribution in [0.3, 0.4) is 0 Å². The van der Waals surface area contributed by atoms with Crippen molar-refractivity contribution < 1.29 is 13.2 Å². The van der Waals surface area contributed by atoms with Crippen molar-refractivity contribution in [1.29, 1.82) is 0 Å². The molecule has 1 aromatic carbocycles. The second kappa shape index (κ2) is 7.01.